The Labute approximate surface area is 159 Å². The number of benzene rings is 2. The van der Waals surface area contributed by atoms with E-state index in [-0.39, 0.29) is 11.4 Å². The van der Waals surface area contributed by atoms with E-state index in [0.29, 0.717) is 18.5 Å². The van der Waals surface area contributed by atoms with Gasteiger partial charge in [0.2, 0.25) is 10.0 Å². The fourth-order valence-electron chi connectivity index (χ4n) is 2.37. The number of methoxy groups -OCH3 is 1. The zero-order valence-electron chi connectivity index (χ0n) is 15.3. The summed E-state index contributed by atoms with van der Waals surface area (Å²) in [6.07, 6.45) is 0.420. The molecule has 1 amide bonds. The Morgan fingerprint density at radius 3 is 2.33 bits per heavy atom. The van der Waals surface area contributed by atoms with Gasteiger partial charge in [-0.2, -0.15) is 0 Å². The van der Waals surface area contributed by atoms with E-state index in [4.69, 9.17) is 0 Å². The van der Waals surface area contributed by atoms with Crippen molar-refractivity contribution in [2.24, 2.45) is 0 Å². The van der Waals surface area contributed by atoms with Crippen molar-refractivity contribution in [3.05, 3.63) is 60.2 Å². The smallest absolute Gasteiger partial charge is 0.411 e. The van der Waals surface area contributed by atoms with Crippen LogP contribution in [-0.2, 0) is 21.2 Å². The Kier molecular flexibility index (Phi) is 6.95. The Morgan fingerprint density at radius 2 is 1.74 bits per heavy atom. The van der Waals surface area contributed by atoms with Crippen molar-refractivity contribution in [2.45, 2.75) is 30.3 Å². The van der Waals surface area contributed by atoms with Gasteiger partial charge in [-0.3, -0.25) is 5.32 Å². The lowest BCUT2D eigenvalue weighted by atomic mass is 9.97. The van der Waals surface area contributed by atoms with E-state index < -0.39 is 21.7 Å². The van der Waals surface area contributed by atoms with E-state index in [9.17, 15) is 18.3 Å². The number of nitrogens with one attached hydrogen (secondary N) is 2. The number of anilines is 1. The second-order valence-electron chi connectivity index (χ2n) is 6.45. The first-order valence-electron chi connectivity index (χ1n) is 8.43. The lowest BCUT2D eigenvalue weighted by Crippen LogP contribution is -2.40. The monoisotopic (exact) mass is 392 g/mol. The van der Waals surface area contributed by atoms with Gasteiger partial charge in [-0.1, -0.05) is 30.3 Å². The summed E-state index contributed by atoms with van der Waals surface area (Å²) >= 11 is 0. The molecule has 8 heteroatoms. The summed E-state index contributed by atoms with van der Waals surface area (Å²) in [4.78, 5) is 11.2. The zero-order chi connectivity index (χ0) is 19.9. The van der Waals surface area contributed by atoms with Gasteiger partial charge in [0.05, 0.1) is 17.6 Å². The lowest BCUT2D eigenvalue weighted by molar-refractivity contribution is 0.0565. The molecule has 0 saturated carbocycles. The van der Waals surface area contributed by atoms with Crippen molar-refractivity contribution in [1.82, 2.24) is 4.72 Å². The van der Waals surface area contributed by atoms with Crippen LogP contribution in [0.1, 0.15) is 18.9 Å². The van der Waals surface area contributed by atoms with Crippen molar-refractivity contribution in [3.63, 3.8) is 0 Å². The number of ether oxygens (including phenoxy) is 1. The third-order valence-electron chi connectivity index (χ3n) is 4.03. The molecule has 0 heterocycles. The zero-order valence-corrected chi connectivity index (χ0v) is 16.1. The minimum absolute atomic E-state index is 0.0387. The predicted molar refractivity (Wildman–Crippen MR) is 103 cm³/mol. The van der Waals surface area contributed by atoms with Crippen molar-refractivity contribution < 1.29 is 23.1 Å². The highest BCUT2D eigenvalue weighted by molar-refractivity contribution is 7.89. The molecule has 0 aromatic heterocycles. The van der Waals surface area contributed by atoms with Gasteiger partial charge in [0.15, 0.2) is 0 Å². The molecule has 0 unspecified atom stereocenters. The number of amides is 1. The van der Waals surface area contributed by atoms with Crippen LogP contribution in [0.4, 0.5) is 10.5 Å². The molecule has 1 atom stereocenters. The van der Waals surface area contributed by atoms with Gasteiger partial charge in [-0.15, -0.1) is 0 Å². The van der Waals surface area contributed by atoms with Gasteiger partial charge in [0.1, 0.15) is 0 Å². The molecule has 7 nitrogen and oxygen atoms in total. The van der Waals surface area contributed by atoms with Crippen LogP contribution < -0.4 is 10.0 Å². The highest BCUT2D eigenvalue weighted by Gasteiger charge is 2.24. The minimum Gasteiger partial charge on any atom is -0.453 e. The van der Waals surface area contributed by atoms with Crippen molar-refractivity contribution >= 4 is 21.8 Å². The molecule has 2 aromatic carbocycles. The van der Waals surface area contributed by atoms with Crippen LogP contribution in [0, 0.1) is 0 Å². The van der Waals surface area contributed by atoms with Crippen LogP contribution in [-0.4, -0.2) is 38.9 Å². The molecule has 0 bridgehead atoms. The molecule has 0 fully saturated rings. The van der Waals surface area contributed by atoms with Crippen LogP contribution in [0.25, 0.3) is 0 Å². The van der Waals surface area contributed by atoms with E-state index in [1.807, 2.05) is 30.3 Å². The van der Waals surface area contributed by atoms with Gasteiger partial charge in [0, 0.05) is 12.2 Å². The van der Waals surface area contributed by atoms with Gasteiger partial charge < -0.3 is 9.84 Å². The number of hydrogen-bond acceptors (Lipinski definition) is 5. The van der Waals surface area contributed by atoms with E-state index in [2.05, 4.69) is 14.8 Å². The minimum atomic E-state index is -3.78. The number of rotatable bonds is 8. The summed E-state index contributed by atoms with van der Waals surface area (Å²) in [6, 6.07) is 15.3. The molecular formula is C19H24N2O5S. The van der Waals surface area contributed by atoms with Gasteiger partial charge >= 0.3 is 6.09 Å². The molecule has 3 N–H and O–H groups in total. The third kappa shape index (κ3) is 6.67. The quantitative estimate of drug-likeness (QED) is 0.640. The molecule has 0 aliphatic heterocycles. The third-order valence-corrected chi connectivity index (χ3v) is 5.45. The Hall–Kier alpha value is -2.42. The molecular weight excluding hydrogens is 368 g/mol. The Balaban J connectivity index is 1.93. The Morgan fingerprint density at radius 1 is 1.11 bits per heavy atom. The van der Waals surface area contributed by atoms with Gasteiger partial charge in [-0.05, 0) is 49.6 Å². The van der Waals surface area contributed by atoms with Crippen molar-refractivity contribution in [3.8, 4) is 0 Å². The summed E-state index contributed by atoms with van der Waals surface area (Å²) in [6.45, 7) is 1.49. The van der Waals surface area contributed by atoms with Gasteiger partial charge in [0.25, 0.3) is 0 Å². The number of carbonyl (C=O) groups excluding carboxylic acids is 1. The molecule has 0 saturated heterocycles. The normalized spacial score (nSPS) is 13.6. The molecule has 27 heavy (non-hydrogen) atoms. The standard InChI is InChI=1S/C19H24N2O5S/c1-19(23,13-12-15-6-4-3-5-7-15)14-20-27(24,25)17-10-8-16(9-11-17)21-18(22)26-2/h3-11,20,23H,12-14H2,1-2H3,(H,21,22)/t19-/m0/s1. The molecule has 0 aliphatic rings. The maximum absolute atomic E-state index is 12.4. The van der Waals surface area contributed by atoms with E-state index in [1.165, 1.54) is 31.4 Å². The summed E-state index contributed by atoms with van der Waals surface area (Å²) in [7, 11) is -2.54. The average Bonchev–Trinajstić information content (AvgIpc) is 2.66. The second-order valence-corrected chi connectivity index (χ2v) is 8.22. The van der Waals surface area contributed by atoms with Gasteiger partial charge in [-0.25, -0.2) is 17.9 Å². The topological polar surface area (TPSA) is 105 Å². The number of carbonyl (C=O) groups is 1. The lowest BCUT2D eigenvalue weighted by Gasteiger charge is -2.23. The van der Waals surface area contributed by atoms with Crippen LogP contribution in [0.3, 0.4) is 0 Å². The number of aliphatic hydroxyl groups is 1. The second kappa shape index (κ2) is 8.98. The highest BCUT2D eigenvalue weighted by atomic mass is 32.2. The Bertz CT molecular complexity index is 849. The summed E-state index contributed by atoms with van der Waals surface area (Å²) < 4.78 is 31.7. The predicted octanol–water partition coefficient (Wildman–Crippen LogP) is 2.53. The van der Waals surface area contributed by atoms with E-state index in [0.717, 1.165) is 5.56 Å². The summed E-state index contributed by atoms with van der Waals surface area (Å²) in [5, 5.41) is 12.9. The molecule has 146 valence electrons. The fraction of sp³-hybridized carbons (Fsp3) is 0.316. The first kappa shape index (κ1) is 20.9. The number of aryl methyl sites for hydroxylation is 1. The number of hydrogen-bond donors (Lipinski definition) is 3. The van der Waals surface area contributed by atoms with E-state index in [1.54, 1.807) is 6.92 Å². The largest absolute Gasteiger partial charge is 0.453 e. The number of sulfonamides is 1. The maximum atomic E-state index is 12.4. The SMILES string of the molecule is COC(=O)Nc1ccc(S(=O)(=O)NC[C@@](C)(O)CCc2ccccc2)cc1. The first-order valence-corrected chi connectivity index (χ1v) is 9.91. The van der Waals surface area contributed by atoms with Crippen LogP contribution >= 0.6 is 0 Å². The molecule has 0 aliphatic carbocycles. The van der Waals surface area contributed by atoms with Crippen molar-refractivity contribution in [1.29, 1.82) is 0 Å². The highest BCUT2D eigenvalue weighted by Crippen LogP contribution is 2.17. The van der Waals surface area contributed by atoms with E-state index >= 15 is 0 Å². The summed E-state index contributed by atoms with van der Waals surface area (Å²) in [5.74, 6) is 0. The van der Waals surface area contributed by atoms with Crippen LogP contribution in [0.2, 0.25) is 0 Å². The fourth-order valence-corrected chi connectivity index (χ4v) is 3.53. The maximum Gasteiger partial charge on any atom is 0.411 e. The first-order chi connectivity index (χ1) is 12.7. The molecule has 0 spiro atoms. The molecule has 0 radical (unpaired) electrons. The van der Waals surface area contributed by atoms with Crippen LogP contribution in [0.15, 0.2) is 59.5 Å². The van der Waals surface area contributed by atoms with Crippen LogP contribution in [0.5, 0.6) is 0 Å². The molecule has 2 rings (SSSR count). The molecule has 2 aromatic rings. The average molecular weight is 392 g/mol. The summed E-state index contributed by atoms with van der Waals surface area (Å²) in [5.41, 5.74) is 0.305. The van der Waals surface area contributed by atoms with Crippen molar-refractivity contribution in [2.75, 3.05) is 19.0 Å².